The first kappa shape index (κ1) is 13.3. The van der Waals surface area contributed by atoms with Gasteiger partial charge in [0.1, 0.15) is 0 Å². The van der Waals surface area contributed by atoms with Crippen molar-refractivity contribution in [2.75, 3.05) is 6.54 Å². The van der Waals surface area contributed by atoms with Crippen LogP contribution in [-0.2, 0) is 6.42 Å². The number of hydrogen-bond donors (Lipinski definition) is 1. The van der Waals surface area contributed by atoms with Crippen molar-refractivity contribution in [3.63, 3.8) is 0 Å². The van der Waals surface area contributed by atoms with Gasteiger partial charge in [-0.15, -0.1) is 0 Å². The second-order valence-electron chi connectivity index (χ2n) is 5.39. The summed E-state index contributed by atoms with van der Waals surface area (Å²) in [6.07, 6.45) is 5.31. The Balaban J connectivity index is 1.85. The van der Waals surface area contributed by atoms with Crippen molar-refractivity contribution >= 4 is 22.6 Å². The summed E-state index contributed by atoms with van der Waals surface area (Å²) >= 11 is 2.47. The fraction of sp³-hybridized carbons (Fsp3) is 0.600. The van der Waals surface area contributed by atoms with Gasteiger partial charge < -0.3 is 5.32 Å². The highest BCUT2D eigenvalue weighted by atomic mass is 127. The van der Waals surface area contributed by atoms with Gasteiger partial charge in [-0.25, -0.2) is 0 Å². The SMILES string of the molecule is Cc1ccc(CCC2CCC(C)NC2)c(I)c1. The van der Waals surface area contributed by atoms with Gasteiger partial charge in [0.2, 0.25) is 0 Å². The Morgan fingerprint density at radius 3 is 2.82 bits per heavy atom. The van der Waals surface area contributed by atoms with E-state index in [2.05, 4.69) is 60.0 Å². The fourth-order valence-electron chi connectivity index (χ4n) is 2.52. The summed E-state index contributed by atoms with van der Waals surface area (Å²) < 4.78 is 1.43. The van der Waals surface area contributed by atoms with Crippen LogP contribution in [0.2, 0.25) is 0 Å². The second kappa shape index (κ2) is 6.19. The highest BCUT2D eigenvalue weighted by Crippen LogP contribution is 2.22. The van der Waals surface area contributed by atoms with Gasteiger partial charge in [0, 0.05) is 9.61 Å². The molecule has 1 aromatic rings. The van der Waals surface area contributed by atoms with Crippen LogP contribution in [0, 0.1) is 16.4 Å². The van der Waals surface area contributed by atoms with Crippen molar-refractivity contribution in [2.45, 2.75) is 45.6 Å². The minimum absolute atomic E-state index is 0.728. The first-order valence-electron chi connectivity index (χ1n) is 6.63. The van der Waals surface area contributed by atoms with Gasteiger partial charge in [-0.2, -0.15) is 0 Å². The molecule has 1 N–H and O–H groups in total. The van der Waals surface area contributed by atoms with Crippen LogP contribution in [0.4, 0.5) is 0 Å². The molecule has 0 saturated carbocycles. The smallest absolute Gasteiger partial charge is 0.0164 e. The lowest BCUT2D eigenvalue weighted by molar-refractivity contribution is 0.309. The number of rotatable bonds is 3. The molecule has 1 nitrogen and oxygen atoms in total. The molecule has 1 fully saturated rings. The quantitative estimate of drug-likeness (QED) is 0.821. The number of benzene rings is 1. The minimum Gasteiger partial charge on any atom is -0.314 e. The zero-order valence-corrected chi connectivity index (χ0v) is 13.0. The molecule has 1 aromatic carbocycles. The van der Waals surface area contributed by atoms with Crippen molar-refractivity contribution in [1.82, 2.24) is 5.32 Å². The van der Waals surface area contributed by atoms with Crippen molar-refractivity contribution in [3.05, 3.63) is 32.9 Å². The number of aryl methyl sites for hydroxylation is 2. The number of hydrogen-bond acceptors (Lipinski definition) is 1. The van der Waals surface area contributed by atoms with Gasteiger partial charge in [-0.05, 0) is 86.2 Å². The largest absolute Gasteiger partial charge is 0.314 e. The Morgan fingerprint density at radius 1 is 1.35 bits per heavy atom. The maximum Gasteiger partial charge on any atom is 0.0164 e. The van der Waals surface area contributed by atoms with Crippen LogP contribution in [0.5, 0.6) is 0 Å². The summed E-state index contributed by atoms with van der Waals surface area (Å²) in [6, 6.07) is 7.55. The van der Waals surface area contributed by atoms with E-state index < -0.39 is 0 Å². The van der Waals surface area contributed by atoms with E-state index in [4.69, 9.17) is 0 Å². The third-order valence-corrected chi connectivity index (χ3v) is 4.80. The summed E-state index contributed by atoms with van der Waals surface area (Å²) in [7, 11) is 0. The minimum atomic E-state index is 0.728. The molecule has 1 aliphatic rings. The first-order valence-corrected chi connectivity index (χ1v) is 7.71. The van der Waals surface area contributed by atoms with Crippen LogP contribution in [0.15, 0.2) is 18.2 Å². The fourth-order valence-corrected chi connectivity index (χ4v) is 3.46. The molecule has 0 aromatic heterocycles. The van der Waals surface area contributed by atoms with E-state index in [0.29, 0.717) is 0 Å². The molecule has 2 rings (SSSR count). The monoisotopic (exact) mass is 343 g/mol. The molecule has 94 valence electrons. The van der Waals surface area contributed by atoms with E-state index in [9.17, 15) is 0 Å². The molecule has 0 spiro atoms. The number of nitrogens with one attached hydrogen (secondary N) is 1. The molecule has 1 saturated heterocycles. The lowest BCUT2D eigenvalue weighted by atomic mass is 9.90. The predicted octanol–water partition coefficient (Wildman–Crippen LogP) is 3.92. The van der Waals surface area contributed by atoms with Crippen molar-refractivity contribution < 1.29 is 0 Å². The van der Waals surface area contributed by atoms with Gasteiger partial charge in [-0.3, -0.25) is 0 Å². The summed E-state index contributed by atoms with van der Waals surface area (Å²) in [6.45, 7) is 5.67. The molecule has 1 aliphatic heterocycles. The standard InChI is InChI=1S/C15H22IN/c1-11-3-7-14(15(16)9-11)8-6-13-5-4-12(2)17-10-13/h3,7,9,12-13,17H,4-6,8,10H2,1-2H3. The van der Waals surface area contributed by atoms with Crippen molar-refractivity contribution in [2.24, 2.45) is 5.92 Å². The Morgan fingerprint density at radius 2 is 2.18 bits per heavy atom. The first-order chi connectivity index (χ1) is 8.15. The van der Waals surface area contributed by atoms with Crippen LogP contribution < -0.4 is 5.32 Å². The molecule has 0 bridgehead atoms. The van der Waals surface area contributed by atoms with E-state index in [0.717, 1.165) is 12.0 Å². The van der Waals surface area contributed by atoms with Crippen LogP contribution in [0.25, 0.3) is 0 Å². The van der Waals surface area contributed by atoms with Gasteiger partial charge >= 0.3 is 0 Å². The maximum atomic E-state index is 3.59. The second-order valence-corrected chi connectivity index (χ2v) is 6.55. The molecule has 0 radical (unpaired) electrons. The maximum absolute atomic E-state index is 3.59. The van der Waals surface area contributed by atoms with Crippen molar-refractivity contribution in [3.8, 4) is 0 Å². The third kappa shape index (κ3) is 3.95. The van der Waals surface area contributed by atoms with E-state index >= 15 is 0 Å². The average molecular weight is 343 g/mol. The lowest BCUT2D eigenvalue weighted by Gasteiger charge is -2.27. The van der Waals surface area contributed by atoms with Gasteiger partial charge in [-0.1, -0.05) is 17.7 Å². The molecule has 0 aliphatic carbocycles. The van der Waals surface area contributed by atoms with Crippen LogP contribution in [0.3, 0.4) is 0 Å². The molecular weight excluding hydrogens is 321 g/mol. The molecule has 1 heterocycles. The van der Waals surface area contributed by atoms with E-state index in [1.165, 1.54) is 46.9 Å². The zero-order valence-electron chi connectivity index (χ0n) is 10.8. The summed E-state index contributed by atoms with van der Waals surface area (Å²) in [4.78, 5) is 0. The molecule has 2 atom stereocenters. The van der Waals surface area contributed by atoms with E-state index in [1.807, 2.05) is 0 Å². The topological polar surface area (TPSA) is 12.0 Å². The summed E-state index contributed by atoms with van der Waals surface area (Å²) in [5.41, 5.74) is 2.89. The van der Waals surface area contributed by atoms with Crippen LogP contribution in [-0.4, -0.2) is 12.6 Å². The highest BCUT2D eigenvalue weighted by Gasteiger charge is 2.17. The van der Waals surface area contributed by atoms with E-state index in [-0.39, 0.29) is 0 Å². The van der Waals surface area contributed by atoms with Gasteiger partial charge in [0.15, 0.2) is 0 Å². The highest BCUT2D eigenvalue weighted by molar-refractivity contribution is 14.1. The summed E-state index contributed by atoms with van der Waals surface area (Å²) in [5.74, 6) is 0.878. The molecule has 2 unspecified atom stereocenters. The molecule has 0 amide bonds. The van der Waals surface area contributed by atoms with Gasteiger partial charge in [0.25, 0.3) is 0 Å². The Kier molecular flexibility index (Phi) is 4.86. The lowest BCUT2D eigenvalue weighted by Crippen LogP contribution is -2.36. The van der Waals surface area contributed by atoms with E-state index in [1.54, 1.807) is 0 Å². The van der Waals surface area contributed by atoms with Crippen LogP contribution >= 0.6 is 22.6 Å². The van der Waals surface area contributed by atoms with Crippen LogP contribution in [0.1, 0.15) is 37.3 Å². The average Bonchev–Trinajstić information content (AvgIpc) is 2.30. The molecule has 17 heavy (non-hydrogen) atoms. The predicted molar refractivity (Wildman–Crippen MR) is 82.4 cm³/mol. The molecule has 2 heteroatoms. The number of piperidine rings is 1. The Labute approximate surface area is 119 Å². The Hall–Kier alpha value is -0.0900. The van der Waals surface area contributed by atoms with Crippen molar-refractivity contribution in [1.29, 1.82) is 0 Å². The molecular formula is C15H22IN. The zero-order chi connectivity index (χ0) is 12.3. The Bertz CT molecular complexity index is 367. The summed E-state index contributed by atoms with van der Waals surface area (Å²) in [5, 5.41) is 3.59. The normalized spacial score (nSPS) is 24.9. The van der Waals surface area contributed by atoms with Gasteiger partial charge in [0.05, 0.1) is 0 Å². The number of halogens is 1. The third-order valence-electron chi connectivity index (χ3n) is 3.79.